The monoisotopic (exact) mass is 334 g/mol. The SMILES string of the molecule is COc1ccc(C)cc1NC(=O)CN1C[C@@H](OC)[C@@]2(CCCO2)C1. The highest BCUT2D eigenvalue weighted by molar-refractivity contribution is 5.93. The Morgan fingerprint density at radius 2 is 2.29 bits per heavy atom. The van der Waals surface area contributed by atoms with Crippen molar-refractivity contribution in [2.45, 2.75) is 31.5 Å². The summed E-state index contributed by atoms with van der Waals surface area (Å²) in [4.78, 5) is 14.6. The number of benzene rings is 1. The molecule has 1 N–H and O–H groups in total. The van der Waals surface area contributed by atoms with Crippen LogP contribution >= 0.6 is 0 Å². The number of hydrogen-bond acceptors (Lipinski definition) is 5. The van der Waals surface area contributed by atoms with Crippen molar-refractivity contribution in [1.82, 2.24) is 4.90 Å². The molecule has 1 spiro atoms. The molecule has 2 aliphatic rings. The Labute approximate surface area is 143 Å². The average molecular weight is 334 g/mol. The van der Waals surface area contributed by atoms with Gasteiger partial charge in [0.25, 0.3) is 0 Å². The van der Waals surface area contributed by atoms with E-state index in [1.54, 1.807) is 14.2 Å². The quantitative estimate of drug-likeness (QED) is 0.890. The van der Waals surface area contributed by atoms with Gasteiger partial charge in [0.15, 0.2) is 0 Å². The van der Waals surface area contributed by atoms with Crippen molar-refractivity contribution < 1.29 is 19.0 Å². The lowest BCUT2D eigenvalue weighted by Crippen LogP contribution is -2.42. The highest BCUT2D eigenvalue weighted by Crippen LogP contribution is 2.36. The van der Waals surface area contributed by atoms with Crippen molar-refractivity contribution in [3.05, 3.63) is 23.8 Å². The average Bonchev–Trinajstić information content (AvgIpc) is 3.15. The van der Waals surface area contributed by atoms with Crippen LogP contribution in [0.2, 0.25) is 0 Å². The molecule has 0 aliphatic carbocycles. The standard InChI is InChI=1S/C18H26N2O4/c1-13-5-6-15(22-2)14(9-13)19-17(21)11-20-10-16(23-3)18(12-20)7-4-8-24-18/h5-6,9,16H,4,7-8,10-12H2,1-3H3,(H,19,21)/t16-,18-/m1/s1. The van der Waals surface area contributed by atoms with E-state index in [1.165, 1.54) is 0 Å². The van der Waals surface area contributed by atoms with Gasteiger partial charge < -0.3 is 19.5 Å². The van der Waals surface area contributed by atoms with Crippen molar-refractivity contribution in [3.8, 4) is 5.75 Å². The number of amides is 1. The molecule has 1 amide bonds. The van der Waals surface area contributed by atoms with E-state index in [-0.39, 0.29) is 17.6 Å². The highest BCUT2D eigenvalue weighted by Gasteiger charge is 2.50. The van der Waals surface area contributed by atoms with Crippen LogP contribution in [0, 0.1) is 6.92 Å². The summed E-state index contributed by atoms with van der Waals surface area (Å²) < 4.78 is 16.9. The summed E-state index contributed by atoms with van der Waals surface area (Å²) in [5, 5.41) is 2.95. The first-order chi connectivity index (χ1) is 11.6. The number of rotatable bonds is 5. The number of anilines is 1. The lowest BCUT2D eigenvalue weighted by atomic mass is 9.97. The van der Waals surface area contributed by atoms with Gasteiger partial charge in [-0.05, 0) is 37.5 Å². The summed E-state index contributed by atoms with van der Waals surface area (Å²) >= 11 is 0. The third kappa shape index (κ3) is 3.41. The summed E-state index contributed by atoms with van der Waals surface area (Å²) in [5.74, 6) is 0.615. The number of hydrogen-bond donors (Lipinski definition) is 1. The molecule has 2 atom stereocenters. The van der Waals surface area contributed by atoms with Gasteiger partial charge in [-0.3, -0.25) is 9.69 Å². The van der Waals surface area contributed by atoms with Gasteiger partial charge in [0.1, 0.15) is 11.4 Å². The molecule has 0 bridgehead atoms. The highest BCUT2D eigenvalue weighted by atomic mass is 16.6. The number of methoxy groups -OCH3 is 2. The van der Waals surface area contributed by atoms with Crippen LogP contribution in [0.4, 0.5) is 5.69 Å². The number of likely N-dealkylation sites (tertiary alicyclic amines) is 1. The van der Waals surface area contributed by atoms with Crippen LogP contribution in [0.1, 0.15) is 18.4 Å². The van der Waals surface area contributed by atoms with Crippen molar-refractivity contribution in [1.29, 1.82) is 0 Å². The molecule has 6 nitrogen and oxygen atoms in total. The van der Waals surface area contributed by atoms with E-state index in [9.17, 15) is 4.79 Å². The smallest absolute Gasteiger partial charge is 0.238 e. The van der Waals surface area contributed by atoms with Gasteiger partial charge >= 0.3 is 0 Å². The number of aryl methyl sites for hydroxylation is 1. The van der Waals surface area contributed by atoms with E-state index in [2.05, 4.69) is 10.2 Å². The molecule has 2 fully saturated rings. The molecule has 0 unspecified atom stereocenters. The van der Waals surface area contributed by atoms with Gasteiger partial charge in [0, 0.05) is 26.8 Å². The van der Waals surface area contributed by atoms with E-state index in [0.29, 0.717) is 18.0 Å². The number of nitrogens with zero attached hydrogens (tertiary/aromatic N) is 1. The molecule has 0 radical (unpaired) electrons. The minimum absolute atomic E-state index is 0.0290. The van der Waals surface area contributed by atoms with E-state index in [0.717, 1.165) is 38.1 Å². The van der Waals surface area contributed by atoms with Crippen LogP contribution in [0.3, 0.4) is 0 Å². The predicted octanol–water partition coefficient (Wildman–Crippen LogP) is 1.82. The molecule has 2 saturated heterocycles. The van der Waals surface area contributed by atoms with Gasteiger partial charge in [-0.25, -0.2) is 0 Å². The number of carbonyl (C=O) groups is 1. The van der Waals surface area contributed by atoms with Crippen LogP contribution in [-0.2, 0) is 14.3 Å². The normalized spacial score (nSPS) is 26.9. The molecule has 6 heteroatoms. The molecule has 1 aromatic carbocycles. The van der Waals surface area contributed by atoms with Crippen LogP contribution < -0.4 is 10.1 Å². The second kappa shape index (κ2) is 7.09. The largest absolute Gasteiger partial charge is 0.495 e. The predicted molar refractivity (Wildman–Crippen MR) is 91.5 cm³/mol. The zero-order valence-corrected chi connectivity index (χ0v) is 14.6. The summed E-state index contributed by atoms with van der Waals surface area (Å²) in [6.07, 6.45) is 2.08. The Bertz CT molecular complexity index is 599. The first-order valence-corrected chi connectivity index (χ1v) is 8.40. The molecule has 2 aliphatic heterocycles. The zero-order chi connectivity index (χ0) is 17.2. The Kier molecular flexibility index (Phi) is 5.08. The molecular weight excluding hydrogens is 308 g/mol. The maximum atomic E-state index is 12.5. The molecule has 132 valence electrons. The van der Waals surface area contributed by atoms with Crippen LogP contribution in [-0.4, -0.2) is 63.0 Å². The number of ether oxygens (including phenoxy) is 3. The first-order valence-electron chi connectivity index (χ1n) is 8.40. The van der Waals surface area contributed by atoms with E-state index in [4.69, 9.17) is 14.2 Å². The van der Waals surface area contributed by atoms with Gasteiger partial charge in [0.2, 0.25) is 5.91 Å². The third-order valence-corrected chi connectivity index (χ3v) is 4.92. The fraction of sp³-hybridized carbons (Fsp3) is 0.611. The van der Waals surface area contributed by atoms with E-state index in [1.807, 2.05) is 25.1 Å². The summed E-state index contributed by atoms with van der Waals surface area (Å²) in [5.41, 5.74) is 1.54. The molecule has 0 saturated carbocycles. The lowest BCUT2D eigenvalue weighted by molar-refractivity contribution is -0.117. The van der Waals surface area contributed by atoms with Gasteiger partial charge in [-0.2, -0.15) is 0 Å². The number of carbonyl (C=O) groups excluding carboxylic acids is 1. The van der Waals surface area contributed by atoms with Gasteiger partial charge in [0.05, 0.1) is 25.4 Å². The molecule has 3 rings (SSSR count). The third-order valence-electron chi connectivity index (χ3n) is 4.92. The van der Waals surface area contributed by atoms with Gasteiger partial charge in [-0.1, -0.05) is 6.07 Å². The second-order valence-corrected chi connectivity index (χ2v) is 6.66. The van der Waals surface area contributed by atoms with Crippen LogP contribution in [0.5, 0.6) is 5.75 Å². The van der Waals surface area contributed by atoms with Crippen LogP contribution in [0.15, 0.2) is 18.2 Å². The lowest BCUT2D eigenvalue weighted by Gasteiger charge is -2.28. The molecule has 24 heavy (non-hydrogen) atoms. The van der Waals surface area contributed by atoms with Crippen molar-refractivity contribution in [2.24, 2.45) is 0 Å². The topological polar surface area (TPSA) is 60.0 Å². The fourth-order valence-corrected chi connectivity index (χ4v) is 3.77. The maximum absolute atomic E-state index is 12.5. The number of nitrogens with one attached hydrogen (secondary N) is 1. The Morgan fingerprint density at radius 3 is 2.96 bits per heavy atom. The Balaban J connectivity index is 1.63. The van der Waals surface area contributed by atoms with E-state index < -0.39 is 0 Å². The van der Waals surface area contributed by atoms with Crippen LogP contribution in [0.25, 0.3) is 0 Å². The summed E-state index contributed by atoms with van der Waals surface area (Å²) in [6.45, 7) is 4.54. The van der Waals surface area contributed by atoms with Crippen molar-refractivity contribution in [3.63, 3.8) is 0 Å². The van der Waals surface area contributed by atoms with Gasteiger partial charge in [-0.15, -0.1) is 0 Å². The molecule has 2 heterocycles. The minimum Gasteiger partial charge on any atom is -0.495 e. The molecular formula is C18H26N2O4. The van der Waals surface area contributed by atoms with Crippen molar-refractivity contribution in [2.75, 3.05) is 45.8 Å². The zero-order valence-electron chi connectivity index (χ0n) is 14.6. The molecule has 1 aromatic rings. The fourth-order valence-electron chi connectivity index (χ4n) is 3.77. The molecule has 0 aromatic heterocycles. The van der Waals surface area contributed by atoms with Crippen molar-refractivity contribution >= 4 is 11.6 Å². The first kappa shape index (κ1) is 17.2. The Hall–Kier alpha value is -1.63. The van der Waals surface area contributed by atoms with E-state index >= 15 is 0 Å². The summed E-state index contributed by atoms with van der Waals surface area (Å²) in [6, 6.07) is 5.74. The summed E-state index contributed by atoms with van der Waals surface area (Å²) in [7, 11) is 3.32. The maximum Gasteiger partial charge on any atom is 0.238 e. The minimum atomic E-state index is -0.240. The second-order valence-electron chi connectivity index (χ2n) is 6.66. The Morgan fingerprint density at radius 1 is 1.46 bits per heavy atom.